The van der Waals surface area contributed by atoms with Crippen molar-refractivity contribution in [2.75, 3.05) is 31.6 Å². The van der Waals surface area contributed by atoms with Crippen molar-refractivity contribution in [3.63, 3.8) is 0 Å². The molecule has 3 nitrogen and oxygen atoms in total. The SMILES string of the molecule is Fc1ccc(NC2CCN(CCCOc3ccc(F)cc3)CC2)cc1. The van der Waals surface area contributed by atoms with E-state index in [0.29, 0.717) is 18.4 Å². The number of piperidine rings is 1. The lowest BCUT2D eigenvalue weighted by molar-refractivity contribution is 0.198. The molecule has 2 aromatic rings. The molecule has 1 heterocycles. The molecule has 1 N–H and O–H groups in total. The third kappa shape index (κ3) is 5.71. The molecule has 0 unspecified atom stereocenters. The van der Waals surface area contributed by atoms with Gasteiger partial charge in [0.25, 0.3) is 0 Å². The standard InChI is InChI=1S/C20H24F2N2O/c21-16-2-6-18(7-3-16)23-19-10-13-24(14-11-19)12-1-15-25-20-8-4-17(22)5-9-20/h2-9,19,23H,1,10-15H2. The number of nitrogens with one attached hydrogen (secondary N) is 1. The Balaban J connectivity index is 1.31. The molecule has 25 heavy (non-hydrogen) atoms. The summed E-state index contributed by atoms with van der Waals surface area (Å²) in [6, 6.07) is 13.1. The van der Waals surface area contributed by atoms with Crippen LogP contribution in [0, 0.1) is 11.6 Å². The minimum absolute atomic E-state index is 0.205. The summed E-state index contributed by atoms with van der Waals surface area (Å²) in [4.78, 5) is 2.44. The normalized spacial score (nSPS) is 15.9. The van der Waals surface area contributed by atoms with Crippen LogP contribution < -0.4 is 10.1 Å². The third-order valence-corrected chi connectivity index (χ3v) is 4.50. The summed E-state index contributed by atoms with van der Waals surface area (Å²) in [6.45, 7) is 3.74. The van der Waals surface area contributed by atoms with Crippen molar-refractivity contribution in [2.24, 2.45) is 0 Å². The molecule has 0 spiro atoms. The van der Waals surface area contributed by atoms with Crippen molar-refractivity contribution in [3.8, 4) is 5.75 Å². The fourth-order valence-electron chi connectivity index (χ4n) is 3.09. The molecule has 134 valence electrons. The molecule has 1 saturated heterocycles. The summed E-state index contributed by atoms with van der Waals surface area (Å²) >= 11 is 0. The van der Waals surface area contributed by atoms with Crippen LogP contribution in [0.15, 0.2) is 48.5 Å². The Kier molecular flexibility index (Phi) is 6.23. The summed E-state index contributed by atoms with van der Waals surface area (Å²) in [5.74, 6) is 0.260. The van der Waals surface area contributed by atoms with Gasteiger partial charge in [0.2, 0.25) is 0 Å². The van der Waals surface area contributed by atoms with Crippen molar-refractivity contribution in [2.45, 2.75) is 25.3 Å². The van der Waals surface area contributed by atoms with E-state index in [1.165, 1.54) is 24.3 Å². The highest BCUT2D eigenvalue weighted by Gasteiger charge is 2.18. The Morgan fingerprint density at radius 3 is 2.16 bits per heavy atom. The maximum Gasteiger partial charge on any atom is 0.123 e. The van der Waals surface area contributed by atoms with E-state index in [9.17, 15) is 8.78 Å². The van der Waals surface area contributed by atoms with Gasteiger partial charge in [-0.3, -0.25) is 0 Å². The van der Waals surface area contributed by atoms with E-state index < -0.39 is 0 Å². The molecular weight excluding hydrogens is 322 g/mol. The molecule has 3 rings (SSSR count). The van der Waals surface area contributed by atoms with E-state index >= 15 is 0 Å². The molecule has 0 atom stereocenters. The Morgan fingerprint density at radius 2 is 1.52 bits per heavy atom. The van der Waals surface area contributed by atoms with Gasteiger partial charge in [0.05, 0.1) is 6.61 Å². The van der Waals surface area contributed by atoms with Crippen LogP contribution in [0.2, 0.25) is 0 Å². The van der Waals surface area contributed by atoms with Crippen LogP contribution in [-0.2, 0) is 0 Å². The zero-order chi connectivity index (χ0) is 17.5. The van der Waals surface area contributed by atoms with Gasteiger partial charge in [-0.15, -0.1) is 0 Å². The van der Waals surface area contributed by atoms with Gasteiger partial charge in [0, 0.05) is 31.4 Å². The largest absolute Gasteiger partial charge is 0.494 e. The predicted octanol–water partition coefficient (Wildman–Crippen LogP) is 4.31. The average molecular weight is 346 g/mol. The topological polar surface area (TPSA) is 24.5 Å². The molecule has 1 aliphatic rings. The Morgan fingerprint density at radius 1 is 0.920 bits per heavy atom. The first-order valence-electron chi connectivity index (χ1n) is 8.82. The highest BCUT2D eigenvalue weighted by Crippen LogP contribution is 2.17. The Labute approximate surface area is 147 Å². The second-order valence-corrected chi connectivity index (χ2v) is 6.42. The number of benzene rings is 2. The molecule has 0 aliphatic carbocycles. The number of hydrogen-bond donors (Lipinski definition) is 1. The molecule has 5 heteroatoms. The first-order chi connectivity index (χ1) is 12.2. The van der Waals surface area contributed by atoms with Gasteiger partial charge in [0.15, 0.2) is 0 Å². The molecule has 2 aromatic carbocycles. The monoisotopic (exact) mass is 346 g/mol. The van der Waals surface area contributed by atoms with Gasteiger partial charge in [0.1, 0.15) is 17.4 Å². The van der Waals surface area contributed by atoms with Crippen molar-refractivity contribution in [3.05, 3.63) is 60.2 Å². The van der Waals surface area contributed by atoms with E-state index in [1.54, 1.807) is 24.3 Å². The highest BCUT2D eigenvalue weighted by molar-refractivity contribution is 5.43. The lowest BCUT2D eigenvalue weighted by Crippen LogP contribution is -2.39. The summed E-state index contributed by atoms with van der Waals surface area (Å²) in [5, 5.41) is 3.47. The van der Waals surface area contributed by atoms with Crippen LogP contribution in [-0.4, -0.2) is 37.2 Å². The molecular formula is C20H24F2N2O. The summed E-state index contributed by atoms with van der Waals surface area (Å²) in [7, 11) is 0. The number of ether oxygens (including phenoxy) is 1. The number of anilines is 1. The smallest absolute Gasteiger partial charge is 0.123 e. The van der Waals surface area contributed by atoms with Gasteiger partial charge in [-0.25, -0.2) is 8.78 Å². The van der Waals surface area contributed by atoms with Crippen molar-refractivity contribution >= 4 is 5.69 Å². The molecule has 0 aromatic heterocycles. The quantitative estimate of drug-likeness (QED) is 0.756. The van der Waals surface area contributed by atoms with Crippen LogP contribution in [0.1, 0.15) is 19.3 Å². The van der Waals surface area contributed by atoms with Crippen molar-refractivity contribution < 1.29 is 13.5 Å². The Hall–Kier alpha value is -2.14. The zero-order valence-electron chi connectivity index (χ0n) is 14.3. The van der Waals surface area contributed by atoms with Crippen LogP contribution >= 0.6 is 0 Å². The molecule has 0 radical (unpaired) electrons. The zero-order valence-corrected chi connectivity index (χ0v) is 14.3. The fourth-order valence-corrected chi connectivity index (χ4v) is 3.09. The lowest BCUT2D eigenvalue weighted by atomic mass is 10.0. The molecule has 1 aliphatic heterocycles. The summed E-state index contributed by atoms with van der Waals surface area (Å²) < 4.78 is 31.4. The van der Waals surface area contributed by atoms with Crippen molar-refractivity contribution in [1.29, 1.82) is 0 Å². The van der Waals surface area contributed by atoms with Crippen LogP contribution in [0.3, 0.4) is 0 Å². The molecule has 0 amide bonds. The minimum Gasteiger partial charge on any atom is -0.494 e. The van der Waals surface area contributed by atoms with Gasteiger partial charge in [-0.05, 0) is 67.8 Å². The first-order valence-corrected chi connectivity index (χ1v) is 8.82. The van der Waals surface area contributed by atoms with Crippen LogP contribution in [0.25, 0.3) is 0 Å². The molecule has 0 saturated carbocycles. The molecule has 0 bridgehead atoms. The number of rotatable bonds is 7. The second kappa shape index (κ2) is 8.81. The van der Waals surface area contributed by atoms with E-state index in [-0.39, 0.29) is 11.6 Å². The number of hydrogen-bond acceptors (Lipinski definition) is 3. The van der Waals surface area contributed by atoms with Crippen molar-refractivity contribution in [1.82, 2.24) is 4.90 Å². The van der Waals surface area contributed by atoms with E-state index in [1.807, 2.05) is 0 Å². The summed E-state index contributed by atoms with van der Waals surface area (Å²) in [6.07, 6.45) is 3.11. The fraction of sp³-hybridized carbons (Fsp3) is 0.400. The van der Waals surface area contributed by atoms with E-state index in [4.69, 9.17) is 4.74 Å². The number of halogens is 2. The summed E-state index contributed by atoms with van der Waals surface area (Å²) in [5.41, 5.74) is 0.979. The lowest BCUT2D eigenvalue weighted by Gasteiger charge is -2.32. The van der Waals surface area contributed by atoms with Gasteiger partial charge < -0.3 is 15.0 Å². The average Bonchev–Trinajstić information content (AvgIpc) is 2.63. The van der Waals surface area contributed by atoms with Gasteiger partial charge >= 0.3 is 0 Å². The van der Waals surface area contributed by atoms with E-state index in [2.05, 4.69) is 10.2 Å². The molecule has 1 fully saturated rings. The predicted molar refractivity (Wildman–Crippen MR) is 96.0 cm³/mol. The van der Waals surface area contributed by atoms with Gasteiger partial charge in [-0.1, -0.05) is 0 Å². The van der Waals surface area contributed by atoms with Gasteiger partial charge in [-0.2, -0.15) is 0 Å². The first kappa shape index (κ1) is 17.7. The highest BCUT2D eigenvalue weighted by atomic mass is 19.1. The number of nitrogens with zero attached hydrogens (tertiary/aromatic N) is 1. The third-order valence-electron chi connectivity index (χ3n) is 4.50. The maximum absolute atomic E-state index is 12.9. The Bertz CT molecular complexity index is 635. The minimum atomic E-state index is -0.246. The van der Waals surface area contributed by atoms with Crippen LogP contribution in [0.4, 0.5) is 14.5 Å². The number of likely N-dealkylation sites (tertiary alicyclic amines) is 1. The van der Waals surface area contributed by atoms with E-state index in [0.717, 1.165) is 44.6 Å². The second-order valence-electron chi connectivity index (χ2n) is 6.42. The van der Waals surface area contributed by atoms with Crippen LogP contribution in [0.5, 0.6) is 5.75 Å². The maximum atomic E-state index is 12.9.